The molecule has 0 aromatic heterocycles. The zero-order chi connectivity index (χ0) is 22.2. The minimum absolute atomic E-state index is 0.304. The third-order valence-electron chi connectivity index (χ3n) is 4.15. The van der Waals surface area contributed by atoms with Gasteiger partial charge in [-0.15, -0.1) is 0 Å². The molecule has 0 saturated carbocycles. The van der Waals surface area contributed by atoms with Crippen LogP contribution in [0.5, 0.6) is 11.5 Å². The molecule has 0 saturated heterocycles. The van der Waals surface area contributed by atoms with E-state index < -0.39 is 11.7 Å². The van der Waals surface area contributed by atoms with Crippen LogP contribution in [0.1, 0.15) is 28.4 Å². The van der Waals surface area contributed by atoms with Crippen molar-refractivity contribution in [3.63, 3.8) is 0 Å². The normalized spacial score (nSPS) is 10.8. The van der Waals surface area contributed by atoms with Crippen LogP contribution in [0.4, 0.5) is 4.39 Å². The summed E-state index contributed by atoms with van der Waals surface area (Å²) in [4.78, 5) is 12.1. The summed E-state index contributed by atoms with van der Waals surface area (Å²) in [6, 6.07) is 16.1. The summed E-state index contributed by atoms with van der Waals surface area (Å²) in [5.74, 6) is 0.258. The number of benzene rings is 3. The van der Waals surface area contributed by atoms with E-state index in [9.17, 15) is 9.18 Å². The zero-order valence-corrected chi connectivity index (χ0v) is 18.9. The molecule has 31 heavy (non-hydrogen) atoms. The lowest BCUT2D eigenvalue weighted by atomic mass is 10.2. The number of hydrogen-bond donors (Lipinski definition) is 1. The molecule has 0 heterocycles. The molecule has 1 amide bonds. The van der Waals surface area contributed by atoms with E-state index in [0.717, 1.165) is 5.56 Å². The van der Waals surface area contributed by atoms with E-state index >= 15 is 0 Å². The summed E-state index contributed by atoms with van der Waals surface area (Å²) in [6.45, 7) is 2.68. The summed E-state index contributed by atoms with van der Waals surface area (Å²) < 4.78 is 25.3. The predicted octanol–water partition coefficient (Wildman–Crippen LogP) is 5.98. The summed E-state index contributed by atoms with van der Waals surface area (Å²) >= 11 is 9.40. The summed E-state index contributed by atoms with van der Waals surface area (Å²) in [5.41, 5.74) is 4.37. The highest BCUT2D eigenvalue weighted by atomic mass is 79.9. The van der Waals surface area contributed by atoms with Gasteiger partial charge < -0.3 is 9.47 Å². The summed E-state index contributed by atoms with van der Waals surface area (Å²) in [5, 5.41) is 4.64. The number of carbonyl (C=O) groups is 1. The van der Waals surface area contributed by atoms with Crippen LogP contribution in [0.15, 0.2) is 70.2 Å². The number of amides is 1. The van der Waals surface area contributed by atoms with Crippen molar-refractivity contribution in [2.75, 3.05) is 6.61 Å². The van der Waals surface area contributed by atoms with Crippen molar-refractivity contribution in [3.8, 4) is 11.5 Å². The maximum Gasteiger partial charge on any atom is 0.271 e. The Morgan fingerprint density at radius 2 is 1.77 bits per heavy atom. The number of nitrogens with one attached hydrogen (secondary N) is 1. The predicted molar refractivity (Wildman–Crippen MR) is 123 cm³/mol. The van der Waals surface area contributed by atoms with Gasteiger partial charge in [-0.25, -0.2) is 9.82 Å². The van der Waals surface area contributed by atoms with Crippen LogP contribution in [0.2, 0.25) is 5.02 Å². The van der Waals surface area contributed by atoms with Crippen molar-refractivity contribution < 1.29 is 18.7 Å². The first-order chi connectivity index (χ1) is 15.0. The van der Waals surface area contributed by atoms with E-state index in [0.29, 0.717) is 45.3 Å². The largest absolute Gasteiger partial charge is 0.490 e. The number of halogens is 3. The molecule has 0 aliphatic heterocycles. The van der Waals surface area contributed by atoms with E-state index in [1.54, 1.807) is 24.3 Å². The van der Waals surface area contributed by atoms with Crippen LogP contribution >= 0.6 is 27.5 Å². The fourth-order valence-corrected chi connectivity index (χ4v) is 3.15. The SMILES string of the molecule is CCOc1cc(/C=N\NC(=O)c2ccc(F)cc2)c(Br)cc1OCc1ccc(Cl)cc1. The number of hydrogen-bond acceptors (Lipinski definition) is 4. The van der Waals surface area contributed by atoms with Crippen LogP contribution in [-0.4, -0.2) is 18.7 Å². The maximum atomic E-state index is 13.0. The first-order valence-corrected chi connectivity index (χ1v) is 10.6. The second kappa shape index (κ2) is 10.9. The highest BCUT2D eigenvalue weighted by Crippen LogP contribution is 2.34. The molecule has 0 radical (unpaired) electrons. The van der Waals surface area contributed by atoms with Gasteiger partial charge in [-0.2, -0.15) is 5.10 Å². The van der Waals surface area contributed by atoms with Crippen molar-refractivity contribution in [3.05, 3.63) is 92.7 Å². The second-order valence-corrected chi connectivity index (χ2v) is 7.67. The third-order valence-corrected chi connectivity index (χ3v) is 5.09. The molecule has 0 spiro atoms. The van der Waals surface area contributed by atoms with Crippen molar-refractivity contribution in [2.24, 2.45) is 5.10 Å². The number of rotatable bonds is 8. The molecule has 3 rings (SSSR count). The minimum Gasteiger partial charge on any atom is -0.490 e. The Balaban J connectivity index is 1.71. The molecule has 0 aliphatic rings. The average molecular weight is 506 g/mol. The van der Waals surface area contributed by atoms with Crippen LogP contribution < -0.4 is 14.9 Å². The quantitative estimate of drug-likeness (QED) is 0.302. The van der Waals surface area contributed by atoms with Crippen LogP contribution in [-0.2, 0) is 6.61 Å². The van der Waals surface area contributed by atoms with Crippen molar-refractivity contribution in [2.45, 2.75) is 13.5 Å². The summed E-state index contributed by atoms with van der Waals surface area (Å²) in [7, 11) is 0. The monoisotopic (exact) mass is 504 g/mol. The van der Waals surface area contributed by atoms with E-state index in [1.165, 1.54) is 30.5 Å². The highest BCUT2D eigenvalue weighted by Gasteiger charge is 2.11. The Morgan fingerprint density at radius 3 is 2.45 bits per heavy atom. The van der Waals surface area contributed by atoms with Gasteiger partial charge in [0.2, 0.25) is 0 Å². The molecule has 0 unspecified atom stereocenters. The van der Waals surface area contributed by atoms with Gasteiger partial charge in [0.15, 0.2) is 11.5 Å². The fraction of sp³-hybridized carbons (Fsp3) is 0.130. The molecule has 0 aliphatic carbocycles. The second-order valence-electron chi connectivity index (χ2n) is 6.37. The van der Waals surface area contributed by atoms with Crippen molar-refractivity contribution in [1.82, 2.24) is 5.43 Å². The molecule has 3 aromatic carbocycles. The lowest BCUT2D eigenvalue weighted by Gasteiger charge is -2.14. The van der Waals surface area contributed by atoms with Crippen LogP contribution in [0.3, 0.4) is 0 Å². The topological polar surface area (TPSA) is 59.9 Å². The molecule has 0 bridgehead atoms. The minimum atomic E-state index is -0.444. The fourth-order valence-electron chi connectivity index (χ4n) is 2.60. The van der Waals surface area contributed by atoms with Gasteiger partial charge in [-0.1, -0.05) is 23.7 Å². The van der Waals surface area contributed by atoms with Crippen molar-refractivity contribution >= 4 is 39.7 Å². The van der Waals surface area contributed by atoms with Gasteiger partial charge in [0.05, 0.1) is 12.8 Å². The molecule has 3 aromatic rings. The first kappa shape index (κ1) is 22.8. The number of ether oxygens (including phenoxy) is 2. The molecule has 8 heteroatoms. The van der Waals surface area contributed by atoms with Crippen molar-refractivity contribution in [1.29, 1.82) is 0 Å². The smallest absolute Gasteiger partial charge is 0.271 e. The molecular weight excluding hydrogens is 487 g/mol. The number of carbonyl (C=O) groups excluding carboxylic acids is 1. The Labute approximate surface area is 193 Å². The Bertz CT molecular complexity index is 1070. The lowest BCUT2D eigenvalue weighted by Crippen LogP contribution is -2.17. The maximum absolute atomic E-state index is 13.0. The molecule has 160 valence electrons. The molecule has 0 fully saturated rings. The first-order valence-electron chi connectivity index (χ1n) is 9.39. The van der Waals surface area contributed by atoms with Crippen LogP contribution in [0.25, 0.3) is 0 Å². The molecule has 0 atom stereocenters. The van der Waals surface area contributed by atoms with Gasteiger partial charge in [-0.3, -0.25) is 4.79 Å². The van der Waals surface area contributed by atoms with Crippen LogP contribution in [0, 0.1) is 5.82 Å². The van der Waals surface area contributed by atoms with Gasteiger partial charge in [0.1, 0.15) is 12.4 Å². The standard InChI is InChI=1S/C23H19BrClFN2O3/c1-2-30-21-11-17(13-27-28-23(29)16-5-9-19(26)10-6-16)20(24)12-22(21)31-14-15-3-7-18(25)8-4-15/h3-13H,2,14H2,1H3,(H,28,29)/b27-13-. The van der Waals surface area contributed by atoms with Gasteiger partial charge in [-0.05, 0) is 76.9 Å². The molecular formula is C23H19BrClFN2O3. The number of hydrazone groups is 1. The average Bonchev–Trinajstić information content (AvgIpc) is 2.76. The van der Waals surface area contributed by atoms with Gasteiger partial charge in [0, 0.05) is 20.6 Å². The van der Waals surface area contributed by atoms with E-state index in [-0.39, 0.29) is 0 Å². The van der Waals surface area contributed by atoms with E-state index in [2.05, 4.69) is 26.5 Å². The number of nitrogens with zero attached hydrogens (tertiary/aromatic N) is 1. The third kappa shape index (κ3) is 6.54. The van der Waals surface area contributed by atoms with E-state index in [4.69, 9.17) is 21.1 Å². The van der Waals surface area contributed by atoms with Gasteiger partial charge in [0.25, 0.3) is 5.91 Å². The van der Waals surface area contributed by atoms with Gasteiger partial charge >= 0.3 is 0 Å². The van der Waals surface area contributed by atoms with E-state index in [1.807, 2.05) is 19.1 Å². The Hall–Kier alpha value is -2.90. The zero-order valence-electron chi connectivity index (χ0n) is 16.6. The Kier molecular flexibility index (Phi) is 8.03. The molecule has 5 nitrogen and oxygen atoms in total. The molecule has 1 N–H and O–H groups in total. The Morgan fingerprint density at radius 1 is 1.10 bits per heavy atom. The highest BCUT2D eigenvalue weighted by molar-refractivity contribution is 9.10. The lowest BCUT2D eigenvalue weighted by molar-refractivity contribution is 0.0955. The summed E-state index contributed by atoms with van der Waals surface area (Å²) in [6.07, 6.45) is 1.48.